The fraction of sp³-hybridized carbons (Fsp3) is 0.400. The number of phenolic OH excluding ortho intramolecular Hbond substituents is 4. The molecule has 0 bridgehead atoms. The van der Waals surface area contributed by atoms with Crippen LogP contribution in [-0.4, -0.2) is 43.5 Å². The van der Waals surface area contributed by atoms with E-state index in [1.165, 1.54) is 18.2 Å². The molecule has 0 radical (unpaired) electrons. The summed E-state index contributed by atoms with van der Waals surface area (Å²) in [5.41, 5.74) is 0.905. The van der Waals surface area contributed by atoms with Gasteiger partial charge in [0.1, 0.15) is 40.9 Å². The van der Waals surface area contributed by atoms with E-state index < -0.39 is 23.1 Å². The monoisotopic (exact) mass is 442 g/mol. The first-order chi connectivity index (χ1) is 15.0. The molecule has 0 aromatic heterocycles. The molecule has 0 saturated carbocycles. The Kier molecular flexibility index (Phi) is 6.69. The van der Waals surface area contributed by atoms with Crippen molar-refractivity contribution in [2.75, 3.05) is 6.61 Å². The summed E-state index contributed by atoms with van der Waals surface area (Å²) < 4.78 is 5.57. The molecular formula is C25H30O7. The van der Waals surface area contributed by atoms with Gasteiger partial charge in [-0.05, 0) is 52.5 Å². The number of ether oxygens (including phenoxy) is 1. The van der Waals surface area contributed by atoms with Crippen LogP contribution >= 0.6 is 0 Å². The highest BCUT2D eigenvalue weighted by molar-refractivity contribution is 6.06. The van der Waals surface area contributed by atoms with E-state index in [-0.39, 0.29) is 41.6 Å². The summed E-state index contributed by atoms with van der Waals surface area (Å²) >= 11 is 0. The summed E-state index contributed by atoms with van der Waals surface area (Å²) in [7, 11) is 0. The summed E-state index contributed by atoms with van der Waals surface area (Å²) in [5.74, 6) is -2.09. The number of aromatic hydroxyl groups is 4. The van der Waals surface area contributed by atoms with E-state index in [0.29, 0.717) is 17.5 Å². The Morgan fingerprint density at radius 3 is 2.56 bits per heavy atom. The maximum atomic E-state index is 13.0. The number of phenols is 4. The van der Waals surface area contributed by atoms with Gasteiger partial charge in [0.05, 0.1) is 11.5 Å². The van der Waals surface area contributed by atoms with Crippen molar-refractivity contribution in [2.24, 2.45) is 0 Å². The van der Waals surface area contributed by atoms with Gasteiger partial charge in [0.2, 0.25) is 0 Å². The fourth-order valence-corrected chi connectivity index (χ4v) is 3.91. The average molecular weight is 443 g/mol. The van der Waals surface area contributed by atoms with Gasteiger partial charge in [-0.25, -0.2) is 0 Å². The molecule has 2 aromatic carbocycles. The first-order valence-electron chi connectivity index (χ1n) is 10.6. The van der Waals surface area contributed by atoms with Crippen LogP contribution in [0.2, 0.25) is 0 Å². The number of ketones is 1. The third kappa shape index (κ3) is 5.16. The standard InChI is InChI=1S/C25H30O7/c1-14(5-4-10-25(2,3)31)6-7-17-19(27)9-8-16(23(17)29)18-13-32-21-12-15(26)11-20(28)22(21)24(18)30/h6,8-9,11-12,18,26-29,31H,4-5,7,10,13H2,1-3H3/b14-6+. The van der Waals surface area contributed by atoms with Crippen LogP contribution in [0.15, 0.2) is 35.9 Å². The Morgan fingerprint density at radius 1 is 1.16 bits per heavy atom. The highest BCUT2D eigenvalue weighted by Gasteiger charge is 2.35. The van der Waals surface area contributed by atoms with Crippen LogP contribution in [0.4, 0.5) is 0 Å². The summed E-state index contributed by atoms with van der Waals surface area (Å²) in [4.78, 5) is 13.0. The molecule has 0 fully saturated rings. The van der Waals surface area contributed by atoms with Gasteiger partial charge in [-0.2, -0.15) is 0 Å². The number of aliphatic hydroxyl groups is 1. The first-order valence-corrected chi connectivity index (χ1v) is 10.6. The van der Waals surface area contributed by atoms with Gasteiger partial charge in [0.25, 0.3) is 0 Å². The largest absolute Gasteiger partial charge is 0.508 e. The Bertz CT molecular complexity index is 1050. The molecule has 0 spiro atoms. The smallest absolute Gasteiger partial charge is 0.181 e. The Morgan fingerprint density at radius 2 is 1.88 bits per heavy atom. The Hall–Kier alpha value is -3.19. The van der Waals surface area contributed by atoms with Gasteiger partial charge < -0.3 is 30.3 Å². The van der Waals surface area contributed by atoms with Crippen molar-refractivity contribution in [2.45, 2.75) is 58.0 Å². The van der Waals surface area contributed by atoms with Crippen molar-refractivity contribution in [3.05, 3.63) is 52.6 Å². The van der Waals surface area contributed by atoms with Crippen LogP contribution in [-0.2, 0) is 6.42 Å². The molecule has 1 aliphatic heterocycles. The van der Waals surface area contributed by atoms with Crippen LogP contribution in [0.25, 0.3) is 0 Å². The molecule has 32 heavy (non-hydrogen) atoms. The van der Waals surface area contributed by atoms with Gasteiger partial charge in [-0.3, -0.25) is 4.79 Å². The number of carbonyl (C=O) groups is 1. The van der Waals surface area contributed by atoms with E-state index in [4.69, 9.17) is 4.74 Å². The SMILES string of the molecule is C/C(=C\Cc1c(O)ccc(C2COc3cc(O)cc(O)c3C2=O)c1O)CCCC(C)(C)O. The van der Waals surface area contributed by atoms with Gasteiger partial charge in [-0.1, -0.05) is 17.7 Å². The second kappa shape index (κ2) is 9.12. The molecular weight excluding hydrogens is 412 g/mol. The molecule has 1 aliphatic rings. The number of hydrogen-bond donors (Lipinski definition) is 5. The van der Waals surface area contributed by atoms with Crippen molar-refractivity contribution in [3.8, 4) is 28.7 Å². The molecule has 7 nitrogen and oxygen atoms in total. The number of benzene rings is 2. The molecule has 0 aliphatic carbocycles. The summed E-state index contributed by atoms with van der Waals surface area (Å²) in [5, 5.41) is 50.7. The quantitative estimate of drug-likeness (QED) is 0.405. The number of hydrogen-bond acceptors (Lipinski definition) is 7. The zero-order chi connectivity index (χ0) is 23.6. The molecule has 0 saturated heterocycles. The lowest BCUT2D eigenvalue weighted by atomic mass is 9.86. The van der Waals surface area contributed by atoms with Crippen LogP contribution in [0.3, 0.4) is 0 Å². The summed E-state index contributed by atoms with van der Waals surface area (Å²) in [6.45, 7) is 5.42. The van der Waals surface area contributed by atoms with E-state index in [2.05, 4.69) is 0 Å². The maximum absolute atomic E-state index is 13.0. The van der Waals surface area contributed by atoms with Gasteiger partial charge >= 0.3 is 0 Å². The van der Waals surface area contributed by atoms with Gasteiger partial charge in [-0.15, -0.1) is 0 Å². The minimum atomic E-state index is -0.867. The fourth-order valence-electron chi connectivity index (χ4n) is 3.91. The minimum absolute atomic E-state index is 0.0457. The third-order valence-corrected chi connectivity index (χ3v) is 5.71. The normalized spacial score (nSPS) is 16.6. The van der Waals surface area contributed by atoms with Crippen LogP contribution < -0.4 is 4.74 Å². The summed E-state index contributed by atoms with van der Waals surface area (Å²) in [6.07, 6.45) is 4.45. The van der Waals surface area contributed by atoms with Crippen molar-refractivity contribution in [1.29, 1.82) is 0 Å². The summed E-state index contributed by atoms with van der Waals surface area (Å²) in [6, 6.07) is 5.23. The van der Waals surface area contributed by atoms with Gasteiger partial charge in [0.15, 0.2) is 5.78 Å². The Balaban J connectivity index is 1.82. The number of allylic oxidation sites excluding steroid dienone is 2. The van der Waals surface area contributed by atoms with Crippen LogP contribution in [0.5, 0.6) is 28.7 Å². The molecule has 0 amide bonds. The van der Waals surface area contributed by atoms with E-state index in [1.807, 2.05) is 13.0 Å². The zero-order valence-electron chi connectivity index (χ0n) is 18.6. The first kappa shape index (κ1) is 23.5. The lowest BCUT2D eigenvalue weighted by molar-refractivity contribution is 0.0689. The molecule has 2 aromatic rings. The predicted molar refractivity (Wildman–Crippen MR) is 120 cm³/mol. The molecule has 1 atom stereocenters. The topological polar surface area (TPSA) is 127 Å². The number of Topliss-reactive ketones (excluding diaryl/α,β-unsaturated/α-hetero) is 1. The highest BCUT2D eigenvalue weighted by atomic mass is 16.5. The number of carbonyl (C=O) groups excluding carboxylic acids is 1. The second-order valence-electron chi connectivity index (χ2n) is 8.99. The number of rotatable bonds is 7. The van der Waals surface area contributed by atoms with E-state index in [1.54, 1.807) is 13.8 Å². The molecule has 7 heteroatoms. The molecule has 1 heterocycles. The van der Waals surface area contributed by atoms with Crippen molar-refractivity contribution < 1.29 is 35.1 Å². The number of fused-ring (bicyclic) bond motifs is 1. The van der Waals surface area contributed by atoms with Crippen molar-refractivity contribution in [3.63, 3.8) is 0 Å². The lowest BCUT2D eigenvalue weighted by Crippen LogP contribution is -2.26. The zero-order valence-corrected chi connectivity index (χ0v) is 18.6. The van der Waals surface area contributed by atoms with Crippen LogP contribution in [0.1, 0.15) is 67.4 Å². The van der Waals surface area contributed by atoms with Gasteiger partial charge in [0, 0.05) is 23.3 Å². The predicted octanol–water partition coefficient (Wildman–Crippen LogP) is 4.30. The molecule has 5 N–H and O–H groups in total. The van der Waals surface area contributed by atoms with E-state index in [0.717, 1.165) is 24.5 Å². The minimum Gasteiger partial charge on any atom is -0.508 e. The second-order valence-corrected chi connectivity index (χ2v) is 8.99. The molecule has 172 valence electrons. The Labute approximate surface area is 187 Å². The third-order valence-electron chi connectivity index (χ3n) is 5.71. The average Bonchev–Trinajstić information content (AvgIpc) is 2.67. The highest BCUT2D eigenvalue weighted by Crippen LogP contribution is 2.43. The van der Waals surface area contributed by atoms with Crippen molar-refractivity contribution in [1.82, 2.24) is 0 Å². The molecule has 1 unspecified atom stereocenters. The van der Waals surface area contributed by atoms with Crippen LogP contribution in [0, 0.1) is 0 Å². The molecule has 3 rings (SSSR count). The van der Waals surface area contributed by atoms with E-state index in [9.17, 15) is 30.3 Å². The maximum Gasteiger partial charge on any atom is 0.181 e. The lowest BCUT2D eigenvalue weighted by Gasteiger charge is -2.26. The van der Waals surface area contributed by atoms with Crippen molar-refractivity contribution >= 4 is 5.78 Å². The van der Waals surface area contributed by atoms with E-state index >= 15 is 0 Å².